The number of furan rings is 1. The van der Waals surface area contributed by atoms with Crippen LogP contribution in [0.1, 0.15) is 92.2 Å². The smallest absolute Gasteiger partial charge is 0.121 e. The van der Waals surface area contributed by atoms with E-state index in [1.165, 1.54) is 34.0 Å². The number of para-hydroxylation sites is 1. The van der Waals surface area contributed by atoms with Gasteiger partial charge in [-0.15, -0.1) is 42.0 Å². The van der Waals surface area contributed by atoms with Crippen LogP contribution in [-0.4, -0.2) is 19.5 Å². The molecule has 9 aromatic rings. The fourth-order valence-corrected chi connectivity index (χ4v) is 7.57. The minimum Gasteiger partial charge on any atom is -0.501 e. The van der Waals surface area contributed by atoms with E-state index in [4.69, 9.17) is 13.5 Å². The zero-order valence-electron chi connectivity index (χ0n) is 38.1. The van der Waals surface area contributed by atoms with Crippen molar-refractivity contribution in [1.82, 2.24) is 19.5 Å². The largest absolute Gasteiger partial charge is 0.501 e. The number of nitrogens with zero attached hydrogens (tertiary/aromatic N) is 4. The van der Waals surface area contributed by atoms with Crippen LogP contribution in [0.25, 0.3) is 72.4 Å². The van der Waals surface area contributed by atoms with Gasteiger partial charge in [-0.1, -0.05) is 144 Å². The summed E-state index contributed by atoms with van der Waals surface area (Å²) in [6.45, 7) is 15.0. The maximum Gasteiger partial charge on any atom is 0.121 e. The van der Waals surface area contributed by atoms with Gasteiger partial charge in [-0.3, -0.25) is 14.4 Å². The van der Waals surface area contributed by atoms with Crippen molar-refractivity contribution in [3.63, 3.8) is 0 Å². The van der Waals surface area contributed by atoms with Crippen LogP contribution in [0.2, 0.25) is 0 Å². The summed E-state index contributed by atoms with van der Waals surface area (Å²) in [5, 5.41) is 2.14. The first-order valence-corrected chi connectivity index (χ1v) is 20.1. The van der Waals surface area contributed by atoms with E-state index in [9.17, 15) is 4.39 Å². The van der Waals surface area contributed by atoms with Crippen LogP contribution in [0.3, 0.4) is 0 Å². The molecule has 0 fully saturated rings. The van der Waals surface area contributed by atoms with Crippen LogP contribution in [0.15, 0.2) is 126 Å². The molecule has 0 aliphatic rings. The van der Waals surface area contributed by atoms with Crippen molar-refractivity contribution in [1.29, 1.82) is 0 Å². The molecule has 4 heterocycles. The molecule has 9 rings (SSSR count). The van der Waals surface area contributed by atoms with E-state index in [1.54, 1.807) is 18.5 Å². The maximum absolute atomic E-state index is 14.1. The zero-order chi connectivity index (χ0) is 44.1. The third-order valence-electron chi connectivity index (χ3n) is 10.8. The molecule has 305 valence electrons. The fourth-order valence-electron chi connectivity index (χ4n) is 7.57. The quantitative estimate of drug-likeness (QED) is 0.156. The Kier molecular flexibility index (Phi) is 10.9. The number of pyridine rings is 2. The Morgan fingerprint density at radius 3 is 2.17 bits per heavy atom. The van der Waals surface area contributed by atoms with Gasteiger partial charge in [0.1, 0.15) is 5.58 Å². The molecule has 5 nitrogen and oxygen atoms in total. The Labute approximate surface area is 370 Å². The summed E-state index contributed by atoms with van der Waals surface area (Å²) in [5.74, 6) is 0.847. The molecule has 4 aromatic heterocycles. The molecule has 0 atom stereocenters. The number of fused-ring (bicyclic) bond motifs is 4. The van der Waals surface area contributed by atoms with E-state index < -0.39 is 12.7 Å². The third-order valence-corrected chi connectivity index (χ3v) is 10.8. The summed E-state index contributed by atoms with van der Waals surface area (Å²) in [7, 11) is 0. The molecule has 1 radical (unpaired) electrons. The molecule has 0 aliphatic carbocycles. The number of benzene rings is 5. The standard InChI is InChI=1S/C37H32N3O.C16H17FN.Ir/c1-22(2)27-8-6-9-28(23(3)4)35(27)40-33-21-38-19-18-32(33)39-37(40)31-11-7-10-30-29-17-16-26(20-34(29)41-36(30)31)25-14-12-24(5)13-15-25;1-11-5-7-13(14(17)9-11)15-8-6-12(10-18-15)16(2,3)4;/h6-10,12-23H,1-5H3;5-6,8-10H,1-4H3;/q2*-1;/i;1D3;. The minimum atomic E-state index is -2.33. The zero-order valence-corrected chi connectivity index (χ0v) is 37.5. The predicted octanol–water partition coefficient (Wildman–Crippen LogP) is 14.3. The Morgan fingerprint density at radius 2 is 1.52 bits per heavy atom. The van der Waals surface area contributed by atoms with E-state index in [0.717, 1.165) is 61.6 Å². The summed E-state index contributed by atoms with van der Waals surface area (Å²) >= 11 is 0. The Bertz CT molecular complexity index is 3040. The van der Waals surface area contributed by atoms with Gasteiger partial charge in [-0.25, -0.2) is 0 Å². The van der Waals surface area contributed by atoms with Crippen LogP contribution in [0.5, 0.6) is 0 Å². The molecule has 0 amide bonds. The molecule has 0 spiro atoms. The molecule has 0 saturated carbocycles. The molecule has 0 bridgehead atoms. The fraction of sp³-hybridized carbons (Fsp3) is 0.226. The Hall–Kier alpha value is -5.75. The van der Waals surface area contributed by atoms with E-state index in [-0.39, 0.29) is 36.6 Å². The normalized spacial score (nSPS) is 12.6. The van der Waals surface area contributed by atoms with Gasteiger partial charge in [-0.2, -0.15) is 0 Å². The summed E-state index contributed by atoms with van der Waals surface area (Å²) in [6.07, 6.45) is 5.43. The van der Waals surface area contributed by atoms with Crippen molar-refractivity contribution in [3.05, 3.63) is 167 Å². The summed E-state index contributed by atoms with van der Waals surface area (Å²) < 4.78 is 44.8. The number of hydrogen-bond acceptors (Lipinski definition) is 4. The molecule has 60 heavy (non-hydrogen) atoms. The van der Waals surface area contributed by atoms with Gasteiger partial charge < -0.3 is 14.0 Å². The van der Waals surface area contributed by atoms with Crippen LogP contribution in [0, 0.1) is 31.7 Å². The van der Waals surface area contributed by atoms with E-state index >= 15 is 0 Å². The average molecular weight is 972 g/mol. The van der Waals surface area contributed by atoms with Gasteiger partial charge in [0.05, 0.1) is 28.6 Å². The molecule has 5 aromatic carbocycles. The van der Waals surface area contributed by atoms with Gasteiger partial charge >= 0.3 is 0 Å². The SMILES string of the molecule is Cc1ccc(-c2ccc3c(c2)oc2c(-c4nc5ccncc5n4-c4c(C(C)C)cccc4C(C)C)[c-]ccc23)cc1.[2H]C([2H])([2H])c1c[c-]c(-c2ccc(C(C)(C)C)cn2)c(F)c1.[Ir]. The van der Waals surface area contributed by atoms with Crippen molar-refractivity contribution in [3.8, 4) is 39.5 Å². The van der Waals surface area contributed by atoms with Gasteiger partial charge in [0.15, 0.2) is 0 Å². The van der Waals surface area contributed by atoms with Crippen LogP contribution >= 0.6 is 0 Å². The van der Waals surface area contributed by atoms with E-state index in [2.05, 4.69) is 149 Å². The number of rotatable bonds is 6. The Balaban J connectivity index is 0.000000229. The summed E-state index contributed by atoms with van der Waals surface area (Å²) in [6, 6.07) is 39.9. The predicted molar refractivity (Wildman–Crippen MR) is 241 cm³/mol. The van der Waals surface area contributed by atoms with Crippen molar-refractivity contribution in [2.45, 2.75) is 79.5 Å². The molecule has 0 saturated heterocycles. The number of aromatic nitrogens is 4. The summed E-state index contributed by atoms with van der Waals surface area (Å²) in [4.78, 5) is 13.9. The Morgan fingerprint density at radius 1 is 0.783 bits per heavy atom. The molecular formula is C53H49FIrN4O-2. The van der Waals surface area contributed by atoms with Crippen molar-refractivity contribution < 1.29 is 33.0 Å². The second-order valence-corrected chi connectivity index (χ2v) is 16.8. The molecule has 0 N–H and O–H groups in total. The molecule has 7 heteroatoms. The van der Waals surface area contributed by atoms with E-state index in [1.807, 2.05) is 24.4 Å². The van der Waals surface area contributed by atoms with Gasteiger partial charge in [-0.05, 0) is 69.8 Å². The van der Waals surface area contributed by atoms with Crippen LogP contribution < -0.4 is 0 Å². The number of halogens is 1. The van der Waals surface area contributed by atoms with Gasteiger partial charge in [0.25, 0.3) is 0 Å². The second-order valence-electron chi connectivity index (χ2n) is 16.8. The first-order valence-electron chi connectivity index (χ1n) is 21.6. The van der Waals surface area contributed by atoms with Crippen molar-refractivity contribution >= 4 is 33.0 Å². The summed E-state index contributed by atoms with van der Waals surface area (Å²) in [5.41, 5.74) is 13.2. The van der Waals surface area contributed by atoms with Gasteiger partial charge in [0, 0.05) is 53.5 Å². The van der Waals surface area contributed by atoms with Crippen LogP contribution in [0.4, 0.5) is 4.39 Å². The van der Waals surface area contributed by atoms with Crippen LogP contribution in [-0.2, 0) is 25.5 Å². The molecule has 0 unspecified atom stereocenters. The topological polar surface area (TPSA) is 56.7 Å². The first-order chi connectivity index (χ1) is 29.5. The third kappa shape index (κ3) is 8.21. The second kappa shape index (κ2) is 17.1. The maximum atomic E-state index is 14.1. The van der Waals surface area contributed by atoms with Gasteiger partial charge in [0.2, 0.25) is 0 Å². The number of imidazole rings is 1. The van der Waals surface area contributed by atoms with Crippen molar-refractivity contribution in [2.24, 2.45) is 0 Å². The average Bonchev–Trinajstić information content (AvgIpc) is 3.81. The first kappa shape index (κ1) is 38.5. The number of aryl methyl sites for hydroxylation is 2. The minimum absolute atomic E-state index is 0. The monoisotopic (exact) mass is 972 g/mol. The van der Waals surface area contributed by atoms with E-state index in [0.29, 0.717) is 17.5 Å². The molecular weight excluding hydrogens is 920 g/mol. The molecule has 0 aliphatic heterocycles. The number of hydrogen-bond donors (Lipinski definition) is 0. The van der Waals surface area contributed by atoms with Crippen molar-refractivity contribution in [2.75, 3.05) is 0 Å².